The van der Waals surface area contributed by atoms with Crippen LogP contribution in [-0.2, 0) is 9.47 Å². The van der Waals surface area contributed by atoms with Crippen LogP contribution in [0.1, 0.15) is 25.7 Å². The van der Waals surface area contributed by atoms with Gasteiger partial charge in [0.1, 0.15) is 23.8 Å². The second kappa shape index (κ2) is 7.99. The topological polar surface area (TPSA) is 51.2 Å². The monoisotopic (exact) mass is 353 g/mol. The predicted octanol–water partition coefficient (Wildman–Crippen LogP) is 2.23. The minimum absolute atomic E-state index is 0.309. The molecule has 5 nitrogen and oxygen atoms in total. The molecular formula is C19H28FNO4. The molecule has 6 heteroatoms. The summed E-state index contributed by atoms with van der Waals surface area (Å²) in [5.41, 5.74) is -1.12. The predicted molar refractivity (Wildman–Crippen MR) is 92.3 cm³/mol. The van der Waals surface area contributed by atoms with Crippen LogP contribution in [-0.4, -0.2) is 67.8 Å². The standard InChI is InChI=1S/C19H28FNO4/c1-23-19(15-25-17-5-2-4-16(20)12-17)6-3-9-21(14-19)13-18(22)7-10-24-11-8-18/h2,4-5,12,22H,3,6-11,13-15H2,1H3. The summed E-state index contributed by atoms with van der Waals surface area (Å²) >= 11 is 0. The van der Waals surface area contributed by atoms with Crippen molar-refractivity contribution >= 4 is 0 Å². The highest BCUT2D eigenvalue weighted by Gasteiger charge is 2.40. The van der Waals surface area contributed by atoms with Gasteiger partial charge in [-0.1, -0.05) is 6.07 Å². The first-order chi connectivity index (χ1) is 12.0. The van der Waals surface area contributed by atoms with Crippen LogP contribution in [0.25, 0.3) is 0 Å². The Balaban J connectivity index is 1.60. The maximum Gasteiger partial charge on any atom is 0.126 e. The number of halogens is 1. The van der Waals surface area contributed by atoms with E-state index in [0.717, 1.165) is 19.4 Å². The molecule has 1 aromatic carbocycles. The second-order valence-corrected chi connectivity index (χ2v) is 7.28. The van der Waals surface area contributed by atoms with Crippen LogP contribution >= 0.6 is 0 Å². The lowest BCUT2D eigenvalue weighted by Crippen LogP contribution is -2.57. The Morgan fingerprint density at radius 1 is 1.28 bits per heavy atom. The van der Waals surface area contributed by atoms with E-state index < -0.39 is 11.2 Å². The summed E-state index contributed by atoms with van der Waals surface area (Å²) in [6.07, 6.45) is 3.20. The molecule has 0 amide bonds. The third kappa shape index (κ3) is 4.91. The van der Waals surface area contributed by atoms with Crippen LogP contribution in [0.4, 0.5) is 4.39 Å². The molecule has 2 fully saturated rings. The molecule has 25 heavy (non-hydrogen) atoms. The Hall–Kier alpha value is -1.21. The van der Waals surface area contributed by atoms with Crippen LogP contribution in [0, 0.1) is 5.82 Å². The molecule has 0 aromatic heterocycles. The number of aliphatic hydroxyl groups is 1. The van der Waals surface area contributed by atoms with Gasteiger partial charge in [-0.2, -0.15) is 0 Å². The van der Waals surface area contributed by atoms with Gasteiger partial charge in [-0.05, 0) is 31.5 Å². The molecule has 3 rings (SSSR count). The molecule has 140 valence electrons. The van der Waals surface area contributed by atoms with Gasteiger partial charge in [-0.15, -0.1) is 0 Å². The van der Waals surface area contributed by atoms with Crippen molar-refractivity contribution in [3.05, 3.63) is 30.1 Å². The van der Waals surface area contributed by atoms with Gasteiger partial charge >= 0.3 is 0 Å². The summed E-state index contributed by atoms with van der Waals surface area (Å²) < 4.78 is 30.3. The summed E-state index contributed by atoms with van der Waals surface area (Å²) in [5.74, 6) is 0.201. The van der Waals surface area contributed by atoms with Gasteiger partial charge in [-0.25, -0.2) is 4.39 Å². The number of hydrogen-bond acceptors (Lipinski definition) is 5. The Kier molecular flexibility index (Phi) is 5.94. The molecule has 2 aliphatic rings. The van der Waals surface area contributed by atoms with E-state index in [1.807, 2.05) is 0 Å². The molecular weight excluding hydrogens is 325 g/mol. The third-order valence-corrected chi connectivity index (χ3v) is 5.29. The van der Waals surface area contributed by atoms with E-state index in [9.17, 15) is 9.50 Å². The van der Waals surface area contributed by atoms with E-state index in [0.29, 0.717) is 51.5 Å². The van der Waals surface area contributed by atoms with Gasteiger partial charge in [0.05, 0.1) is 5.60 Å². The molecule has 1 atom stereocenters. The van der Waals surface area contributed by atoms with Gasteiger partial charge in [0.2, 0.25) is 0 Å². The number of nitrogens with zero attached hydrogens (tertiary/aromatic N) is 1. The average molecular weight is 353 g/mol. The number of β-amino-alcohol motifs (C(OH)–C–C–N with tert-alkyl or cyclic N) is 1. The maximum atomic E-state index is 13.3. The molecule has 2 aliphatic heterocycles. The lowest BCUT2D eigenvalue weighted by atomic mass is 9.89. The largest absolute Gasteiger partial charge is 0.490 e. The Bertz CT molecular complexity index is 564. The molecule has 0 bridgehead atoms. The molecule has 0 aliphatic carbocycles. The number of hydrogen-bond donors (Lipinski definition) is 1. The molecule has 0 spiro atoms. The van der Waals surface area contributed by atoms with E-state index in [4.69, 9.17) is 14.2 Å². The zero-order valence-corrected chi connectivity index (χ0v) is 14.9. The maximum absolute atomic E-state index is 13.3. The van der Waals surface area contributed by atoms with Crippen molar-refractivity contribution in [2.24, 2.45) is 0 Å². The summed E-state index contributed by atoms with van der Waals surface area (Å²) in [5, 5.41) is 10.8. The van der Waals surface area contributed by atoms with Crippen molar-refractivity contribution < 1.29 is 23.7 Å². The Labute approximate surface area is 148 Å². The quantitative estimate of drug-likeness (QED) is 0.850. The summed E-state index contributed by atoms with van der Waals surface area (Å²) in [6, 6.07) is 6.17. The highest BCUT2D eigenvalue weighted by atomic mass is 19.1. The van der Waals surface area contributed by atoms with Gasteiger partial charge in [0.25, 0.3) is 0 Å². The third-order valence-electron chi connectivity index (χ3n) is 5.29. The van der Waals surface area contributed by atoms with Crippen molar-refractivity contribution in [3.63, 3.8) is 0 Å². The molecule has 0 saturated carbocycles. The minimum Gasteiger partial charge on any atom is -0.490 e. The van der Waals surface area contributed by atoms with Gasteiger partial charge < -0.3 is 19.3 Å². The fraction of sp³-hybridized carbons (Fsp3) is 0.684. The van der Waals surface area contributed by atoms with Crippen LogP contribution < -0.4 is 4.74 Å². The average Bonchev–Trinajstić information content (AvgIpc) is 2.61. The SMILES string of the molecule is COC1(COc2cccc(F)c2)CCCN(CC2(O)CCOCC2)C1. The molecule has 1 aromatic rings. The van der Waals surface area contributed by atoms with E-state index in [1.165, 1.54) is 12.1 Å². The van der Waals surface area contributed by atoms with Crippen LogP contribution in [0.5, 0.6) is 5.75 Å². The van der Waals surface area contributed by atoms with Crippen LogP contribution in [0.2, 0.25) is 0 Å². The number of likely N-dealkylation sites (tertiary alicyclic amines) is 1. The van der Waals surface area contributed by atoms with Gasteiger partial charge in [-0.3, -0.25) is 4.90 Å². The number of benzene rings is 1. The second-order valence-electron chi connectivity index (χ2n) is 7.28. The van der Waals surface area contributed by atoms with Crippen molar-refractivity contribution in [2.45, 2.75) is 36.9 Å². The summed E-state index contributed by atoms with van der Waals surface area (Å²) in [4.78, 5) is 2.26. The number of piperidine rings is 1. The highest BCUT2D eigenvalue weighted by molar-refractivity contribution is 5.22. The highest BCUT2D eigenvalue weighted by Crippen LogP contribution is 2.29. The Morgan fingerprint density at radius 3 is 2.80 bits per heavy atom. The molecule has 0 radical (unpaired) electrons. The number of rotatable bonds is 6. The van der Waals surface area contributed by atoms with Crippen molar-refractivity contribution in [3.8, 4) is 5.75 Å². The van der Waals surface area contributed by atoms with E-state index in [2.05, 4.69) is 4.90 Å². The molecule has 1 N–H and O–H groups in total. The zero-order chi connectivity index (χ0) is 17.8. The first kappa shape index (κ1) is 18.6. The summed E-state index contributed by atoms with van der Waals surface area (Å²) in [6.45, 7) is 3.85. The Morgan fingerprint density at radius 2 is 2.08 bits per heavy atom. The van der Waals surface area contributed by atoms with Crippen molar-refractivity contribution in [1.29, 1.82) is 0 Å². The first-order valence-electron chi connectivity index (χ1n) is 8.99. The lowest BCUT2D eigenvalue weighted by molar-refractivity contribution is -0.120. The number of methoxy groups -OCH3 is 1. The fourth-order valence-corrected chi connectivity index (χ4v) is 3.77. The fourth-order valence-electron chi connectivity index (χ4n) is 3.77. The smallest absolute Gasteiger partial charge is 0.126 e. The number of ether oxygens (including phenoxy) is 3. The first-order valence-corrected chi connectivity index (χ1v) is 8.99. The van der Waals surface area contributed by atoms with Gasteiger partial charge in [0, 0.05) is 52.3 Å². The van der Waals surface area contributed by atoms with Crippen LogP contribution in [0.3, 0.4) is 0 Å². The van der Waals surface area contributed by atoms with Crippen molar-refractivity contribution in [2.75, 3.05) is 46.6 Å². The molecule has 2 heterocycles. The lowest BCUT2D eigenvalue weighted by Gasteiger charge is -2.45. The zero-order valence-electron chi connectivity index (χ0n) is 14.9. The minimum atomic E-state index is -0.682. The molecule has 2 saturated heterocycles. The normalized spacial score (nSPS) is 27.2. The van der Waals surface area contributed by atoms with E-state index >= 15 is 0 Å². The van der Waals surface area contributed by atoms with Crippen molar-refractivity contribution in [1.82, 2.24) is 4.90 Å². The van der Waals surface area contributed by atoms with E-state index in [1.54, 1.807) is 19.2 Å². The van der Waals surface area contributed by atoms with E-state index in [-0.39, 0.29) is 5.82 Å². The molecule has 1 unspecified atom stereocenters. The van der Waals surface area contributed by atoms with Gasteiger partial charge in [0.15, 0.2) is 0 Å². The van der Waals surface area contributed by atoms with Crippen LogP contribution in [0.15, 0.2) is 24.3 Å². The summed E-state index contributed by atoms with van der Waals surface area (Å²) in [7, 11) is 1.70.